The molecule has 0 fully saturated rings. The van der Waals surface area contributed by atoms with Crippen LogP contribution in [0.1, 0.15) is 39.2 Å². The third-order valence-corrected chi connectivity index (χ3v) is 3.77. The van der Waals surface area contributed by atoms with Crippen molar-refractivity contribution in [3.63, 3.8) is 0 Å². The van der Waals surface area contributed by atoms with Crippen molar-refractivity contribution in [3.05, 3.63) is 39.7 Å². The summed E-state index contributed by atoms with van der Waals surface area (Å²) in [6, 6.07) is 4.37. The van der Waals surface area contributed by atoms with Gasteiger partial charge in [-0.25, -0.2) is 0 Å². The van der Waals surface area contributed by atoms with Crippen LogP contribution in [0.5, 0.6) is 0 Å². The van der Waals surface area contributed by atoms with Crippen molar-refractivity contribution in [2.45, 2.75) is 40.2 Å². The maximum Gasteiger partial charge on any atom is 0.305 e. The zero-order valence-electron chi connectivity index (χ0n) is 12.4. The Morgan fingerprint density at radius 2 is 1.95 bits per heavy atom. The van der Waals surface area contributed by atoms with Gasteiger partial charge in [-0.1, -0.05) is 45.7 Å². The Balaban J connectivity index is 2.85. The van der Waals surface area contributed by atoms with E-state index in [0.717, 1.165) is 25.9 Å². The predicted octanol–water partition coefficient (Wildman–Crippen LogP) is 3.99. The van der Waals surface area contributed by atoms with Crippen molar-refractivity contribution in [2.75, 3.05) is 13.1 Å². The molecule has 1 aromatic carbocycles. The maximum absolute atomic E-state index is 14.1. The molecule has 0 saturated heterocycles. The zero-order chi connectivity index (χ0) is 15.1. The highest BCUT2D eigenvalue weighted by Gasteiger charge is 2.19. The number of halogens is 1. The van der Waals surface area contributed by atoms with Crippen molar-refractivity contribution in [1.82, 2.24) is 4.90 Å². The maximum atomic E-state index is 14.1. The molecule has 0 aliphatic heterocycles. The predicted molar refractivity (Wildman–Crippen MR) is 78.1 cm³/mol. The number of benzene rings is 1. The second-order valence-corrected chi connectivity index (χ2v) is 5.02. The first-order valence-corrected chi connectivity index (χ1v) is 7.17. The van der Waals surface area contributed by atoms with Crippen LogP contribution in [0.4, 0.5) is 10.1 Å². The smallest absolute Gasteiger partial charge is 0.299 e. The summed E-state index contributed by atoms with van der Waals surface area (Å²) < 4.78 is 14.1. The highest BCUT2D eigenvalue weighted by molar-refractivity contribution is 5.36. The average molecular weight is 282 g/mol. The van der Waals surface area contributed by atoms with E-state index in [9.17, 15) is 14.5 Å². The Kier molecular flexibility index (Phi) is 6.58. The third kappa shape index (κ3) is 4.27. The van der Waals surface area contributed by atoms with Crippen molar-refractivity contribution in [1.29, 1.82) is 0 Å². The molecule has 0 heterocycles. The molecule has 0 spiro atoms. The van der Waals surface area contributed by atoms with E-state index in [4.69, 9.17) is 0 Å². The van der Waals surface area contributed by atoms with E-state index in [0.29, 0.717) is 18.0 Å². The Hall–Kier alpha value is -1.49. The molecule has 0 aliphatic rings. The van der Waals surface area contributed by atoms with E-state index >= 15 is 0 Å². The van der Waals surface area contributed by atoms with Gasteiger partial charge in [0, 0.05) is 24.7 Å². The van der Waals surface area contributed by atoms with Gasteiger partial charge in [0.2, 0.25) is 5.82 Å². The normalized spacial score (nSPS) is 11.3. The lowest BCUT2D eigenvalue weighted by molar-refractivity contribution is -0.387. The van der Waals surface area contributed by atoms with Gasteiger partial charge in [0.1, 0.15) is 0 Å². The number of hydrogen-bond donors (Lipinski definition) is 0. The summed E-state index contributed by atoms with van der Waals surface area (Å²) in [7, 11) is 0. The lowest BCUT2D eigenvalue weighted by Gasteiger charge is -2.25. The first kappa shape index (κ1) is 16.6. The standard InChI is InChI=1S/C15H23FN2O2/c1-4-12(5-2)10-17(6-3)11-13-8-7-9-14(15(13)16)18(19)20/h7-9,12H,4-6,10-11H2,1-3H3. The molecule has 0 radical (unpaired) electrons. The first-order chi connectivity index (χ1) is 9.53. The van der Waals surface area contributed by atoms with E-state index in [-0.39, 0.29) is 0 Å². The van der Waals surface area contributed by atoms with Crippen molar-refractivity contribution < 1.29 is 9.31 Å². The Labute approximate surface area is 119 Å². The summed E-state index contributed by atoms with van der Waals surface area (Å²) in [6.45, 7) is 8.44. The van der Waals surface area contributed by atoms with Crippen LogP contribution in [0, 0.1) is 21.8 Å². The summed E-state index contributed by atoms with van der Waals surface area (Å²) in [5.41, 5.74) is -0.0481. The molecule has 0 N–H and O–H groups in total. The summed E-state index contributed by atoms with van der Waals surface area (Å²) in [6.07, 6.45) is 2.18. The fraction of sp³-hybridized carbons (Fsp3) is 0.600. The fourth-order valence-electron chi connectivity index (χ4n) is 2.29. The highest BCUT2D eigenvalue weighted by atomic mass is 19.1. The van der Waals surface area contributed by atoms with E-state index < -0.39 is 16.4 Å². The number of hydrogen-bond acceptors (Lipinski definition) is 3. The molecule has 112 valence electrons. The van der Waals surface area contributed by atoms with Crippen LogP contribution in [0.15, 0.2) is 18.2 Å². The lowest BCUT2D eigenvalue weighted by atomic mass is 10.0. The minimum atomic E-state index is -0.708. The zero-order valence-corrected chi connectivity index (χ0v) is 12.4. The molecule has 20 heavy (non-hydrogen) atoms. The molecule has 1 rings (SSSR count). The largest absolute Gasteiger partial charge is 0.305 e. The van der Waals surface area contributed by atoms with Gasteiger partial charge in [0.25, 0.3) is 0 Å². The topological polar surface area (TPSA) is 46.4 Å². The van der Waals surface area contributed by atoms with Gasteiger partial charge in [-0.2, -0.15) is 4.39 Å². The minimum absolute atomic E-state index is 0.395. The van der Waals surface area contributed by atoms with Crippen molar-refractivity contribution in [2.24, 2.45) is 5.92 Å². The summed E-state index contributed by atoms with van der Waals surface area (Å²) in [5.74, 6) is -0.128. The molecule has 0 saturated carbocycles. The summed E-state index contributed by atoms with van der Waals surface area (Å²) in [4.78, 5) is 12.2. The Morgan fingerprint density at radius 1 is 1.30 bits per heavy atom. The molecule has 5 heteroatoms. The summed E-state index contributed by atoms with van der Waals surface area (Å²) in [5, 5.41) is 10.8. The second kappa shape index (κ2) is 7.94. The third-order valence-electron chi connectivity index (χ3n) is 3.77. The molecule has 4 nitrogen and oxygen atoms in total. The Bertz CT molecular complexity index is 447. The molecule has 0 aliphatic carbocycles. The van der Waals surface area contributed by atoms with Crippen LogP contribution >= 0.6 is 0 Å². The number of nitro groups is 1. The molecule has 0 atom stereocenters. The van der Waals surface area contributed by atoms with Crippen molar-refractivity contribution in [3.8, 4) is 0 Å². The molecule has 0 aromatic heterocycles. The van der Waals surface area contributed by atoms with Crippen LogP contribution in [-0.2, 0) is 6.54 Å². The van der Waals surface area contributed by atoms with Gasteiger partial charge in [-0.05, 0) is 12.5 Å². The van der Waals surface area contributed by atoms with Gasteiger partial charge in [-0.15, -0.1) is 0 Å². The van der Waals surface area contributed by atoms with Gasteiger partial charge >= 0.3 is 5.69 Å². The van der Waals surface area contributed by atoms with E-state index in [1.54, 1.807) is 12.1 Å². The quantitative estimate of drug-likeness (QED) is 0.535. The Morgan fingerprint density at radius 3 is 2.45 bits per heavy atom. The molecule has 0 unspecified atom stereocenters. The van der Waals surface area contributed by atoms with Gasteiger partial charge in [0.15, 0.2) is 0 Å². The van der Waals surface area contributed by atoms with Crippen molar-refractivity contribution >= 4 is 5.69 Å². The first-order valence-electron chi connectivity index (χ1n) is 7.17. The lowest BCUT2D eigenvalue weighted by Crippen LogP contribution is -2.29. The van der Waals surface area contributed by atoms with E-state index in [2.05, 4.69) is 18.7 Å². The van der Waals surface area contributed by atoms with E-state index in [1.165, 1.54) is 6.07 Å². The molecule has 1 aromatic rings. The van der Waals surface area contributed by atoms with E-state index in [1.807, 2.05) is 6.92 Å². The van der Waals surface area contributed by atoms with Gasteiger partial charge in [0.05, 0.1) is 4.92 Å². The van der Waals surface area contributed by atoms with Crippen LogP contribution in [0.25, 0.3) is 0 Å². The number of rotatable bonds is 8. The summed E-state index contributed by atoms with van der Waals surface area (Å²) >= 11 is 0. The number of nitro benzene ring substituents is 1. The van der Waals surface area contributed by atoms with Gasteiger partial charge in [-0.3, -0.25) is 15.0 Å². The average Bonchev–Trinajstić information content (AvgIpc) is 2.44. The molecular formula is C15H23FN2O2. The molecule has 0 bridgehead atoms. The van der Waals surface area contributed by atoms with Crippen LogP contribution in [0.3, 0.4) is 0 Å². The molecule has 0 amide bonds. The van der Waals surface area contributed by atoms with Crippen LogP contribution in [-0.4, -0.2) is 22.9 Å². The fourth-order valence-corrected chi connectivity index (χ4v) is 2.29. The van der Waals surface area contributed by atoms with Crippen LogP contribution in [0.2, 0.25) is 0 Å². The number of nitrogens with zero attached hydrogens (tertiary/aromatic N) is 2. The molecular weight excluding hydrogens is 259 g/mol. The van der Waals surface area contributed by atoms with Gasteiger partial charge < -0.3 is 0 Å². The monoisotopic (exact) mass is 282 g/mol. The minimum Gasteiger partial charge on any atom is -0.299 e. The van der Waals surface area contributed by atoms with Crippen LogP contribution < -0.4 is 0 Å². The SMILES string of the molecule is CCC(CC)CN(CC)Cc1cccc([N+](=O)[O-])c1F. The highest BCUT2D eigenvalue weighted by Crippen LogP contribution is 2.22. The second-order valence-electron chi connectivity index (χ2n) is 5.02.